The van der Waals surface area contributed by atoms with Crippen molar-refractivity contribution in [3.8, 4) is 17.2 Å². The van der Waals surface area contributed by atoms with Gasteiger partial charge < -0.3 is 19.1 Å². The van der Waals surface area contributed by atoms with Crippen LogP contribution in [0.5, 0.6) is 11.5 Å². The standard InChI is InChI=1S/C24H26N4O4S/c1-17-3-6-19(7-4-17)28-23(27-9-13-30-14-10-27)25-26-24(28)33-16-20(29)18-5-8-21-22(15-18)32-12-2-11-31-21/h3-8,15H,2,9-14,16H2,1H3. The Balaban J connectivity index is 1.38. The van der Waals surface area contributed by atoms with Crippen molar-refractivity contribution < 1.29 is 19.0 Å². The Bertz CT molecular complexity index is 1130. The largest absolute Gasteiger partial charge is 0.490 e. The molecule has 0 bridgehead atoms. The maximum absolute atomic E-state index is 13.0. The van der Waals surface area contributed by atoms with E-state index in [1.807, 2.05) is 10.6 Å². The van der Waals surface area contributed by atoms with Crippen LogP contribution in [0.3, 0.4) is 0 Å². The number of morpholine rings is 1. The summed E-state index contributed by atoms with van der Waals surface area (Å²) in [5, 5.41) is 9.59. The van der Waals surface area contributed by atoms with E-state index in [0.29, 0.717) is 48.6 Å². The number of nitrogens with zero attached hydrogens (tertiary/aromatic N) is 4. The normalized spacial score (nSPS) is 15.8. The van der Waals surface area contributed by atoms with Crippen LogP contribution in [0.1, 0.15) is 22.3 Å². The zero-order valence-corrected chi connectivity index (χ0v) is 19.3. The van der Waals surface area contributed by atoms with Crippen LogP contribution in [-0.2, 0) is 4.74 Å². The molecule has 1 saturated heterocycles. The smallest absolute Gasteiger partial charge is 0.232 e. The lowest BCUT2D eigenvalue weighted by Crippen LogP contribution is -2.37. The van der Waals surface area contributed by atoms with Gasteiger partial charge in [-0.05, 0) is 37.3 Å². The first-order chi connectivity index (χ1) is 16.2. The first-order valence-corrected chi connectivity index (χ1v) is 12.1. The summed E-state index contributed by atoms with van der Waals surface area (Å²) < 4.78 is 18.9. The Morgan fingerprint density at radius 3 is 2.52 bits per heavy atom. The molecule has 0 atom stereocenters. The Morgan fingerprint density at radius 1 is 0.970 bits per heavy atom. The molecule has 0 unspecified atom stereocenters. The van der Waals surface area contributed by atoms with Gasteiger partial charge in [0.25, 0.3) is 0 Å². The number of hydrogen-bond donors (Lipinski definition) is 0. The van der Waals surface area contributed by atoms with Crippen molar-refractivity contribution >= 4 is 23.5 Å². The summed E-state index contributed by atoms with van der Waals surface area (Å²) in [4.78, 5) is 15.2. The number of hydrogen-bond acceptors (Lipinski definition) is 8. The highest BCUT2D eigenvalue weighted by Crippen LogP contribution is 2.32. The molecule has 0 spiro atoms. The summed E-state index contributed by atoms with van der Waals surface area (Å²) >= 11 is 1.39. The van der Waals surface area contributed by atoms with E-state index in [9.17, 15) is 4.79 Å². The van der Waals surface area contributed by atoms with E-state index in [0.717, 1.165) is 31.1 Å². The number of carbonyl (C=O) groups is 1. The second-order valence-corrected chi connectivity index (χ2v) is 8.92. The minimum absolute atomic E-state index is 0.00188. The number of rotatable bonds is 6. The Labute approximate surface area is 196 Å². The number of aryl methyl sites for hydroxylation is 1. The lowest BCUT2D eigenvalue weighted by Gasteiger charge is -2.28. The highest BCUT2D eigenvalue weighted by molar-refractivity contribution is 7.99. The minimum Gasteiger partial charge on any atom is -0.490 e. The van der Waals surface area contributed by atoms with E-state index in [1.54, 1.807) is 12.1 Å². The van der Waals surface area contributed by atoms with Gasteiger partial charge in [-0.15, -0.1) is 10.2 Å². The van der Waals surface area contributed by atoms with Crippen molar-refractivity contribution in [3.63, 3.8) is 0 Å². The molecule has 2 aliphatic heterocycles. The van der Waals surface area contributed by atoms with Crippen LogP contribution >= 0.6 is 11.8 Å². The number of anilines is 1. The van der Waals surface area contributed by atoms with Gasteiger partial charge in [0.2, 0.25) is 5.95 Å². The van der Waals surface area contributed by atoms with Crippen molar-refractivity contribution in [2.75, 3.05) is 50.2 Å². The molecule has 172 valence electrons. The van der Waals surface area contributed by atoms with Gasteiger partial charge in [-0.25, -0.2) is 0 Å². The van der Waals surface area contributed by atoms with Gasteiger partial charge in [-0.1, -0.05) is 29.5 Å². The third-order valence-electron chi connectivity index (χ3n) is 5.60. The molecule has 0 aliphatic carbocycles. The maximum atomic E-state index is 13.0. The molecule has 2 aromatic carbocycles. The predicted molar refractivity (Wildman–Crippen MR) is 126 cm³/mol. The molecule has 33 heavy (non-hydrogen) atoms. The highest BCUT2D eigenvalue weighted by Gasteiger charge is 2.23. The second kappa shape index (κ2) is 9.84. The first kappa shape index (κ1) is 21.8. The van der Waals surface area contributed by atoms with Crippen molar-refractivity contribution in [1.82, 2.24) is 14.8 Å². The number of ether oxygens (including phenoxy) is 3. The highest BCUT2D eigenvalue weighted by atomic mass is 32.2. The molecule has 0 saturated carbocycles. The zero-order chi connectivity index (χ0) is 22.6. The fraction of sp³-hybridized carbons (Fsp3) is 0.375. The average molecular weight is 467 g/mol. The van der Waals surface area contributed by atoms with Crippen LogP contribution in [0.2, 0.25) is 0 Å². The van der Waals surface area contributed by atoms with E-state index < -0.39 is 0 Å². The number of ketones is 1. The maximum Gasteiger partial charge on any atom is 0.232 e. The fourth-order valence-corrected chi connectivity index (χ4v) is 4.64. The lowest BCUT2D eigenvalue weighted by molar-refractivity contribution is 0.102. The lowest BCUT2D eigenvalue weighted by atomic mass is 10.1. The van der Waals surface area contributed by atoms with Crippen molar-refractivity contribution in [3.05, 3.63) is 53.6 Å². The molecule has 3 aromatic rings. The van der Waals surface area contributed by atoms with E-state index >= 15 is 0 Å². The van der Waals surface area contributed by atoms with Gasteiger partial charge in [0.1, 0.15) is 0 Å². The van der Waals surface area contributed by atoms with Gasteiger partial charge in [0, 0.05) is 25.1 Å². The number of fused-ring (bicyclic) bond motifs is 1. The van der Waals surface area contributed by atoms with Crippen LogP contribution in [-0.4, -0.2) is 65.8 Å². The van der Waals surface area contributed by atoms with Gasteiger partial charge in [-0.2, -0.15) is 0 Å². The van der Waals surface area contributed by atoms with Crippen LogP contribution in [0.25, 0.3) is 5.69 Å². The Morgan fingerprint density at radius 2 is 1.73 bits per heavy atom. The van der Waals surface area contributed by atoms with Crippen molar-refractivity contribution in [1.29, 1.82) is 0 Å². The van der Waals surface area contributed by atoms with Crippen LogP contribution in [0.4, 0.5) is 5.95 Å². The Kier molecular flexibility index (Phi) is 6.50. The summed E-state index contributed by atoms with van der Waals surface area (Å²) in [7, 11) is 0. The summed E-state index contributed by atoms with van der Waals surface area (Å²) in [5.41, 5.74) is 2.75. The molecular formula is C24H26N4O4S. The first-order valence-electron chi connectivity index (χ1n) is 11.1. The minimum atomic E-state index is 0.00188. The van der Waals surface area contributed by atoms with E-state index in [-0.39, 0.29) is 11.5 Å². The molecule has 5 rings (SSSR count). The van der Waals surface area contributed by atoms with Crippen molar-refractivity contribution in [2.24, 2.45) is 0 Å². The van der Waals surface area contributed by atoms with Gasteiger partial charge in [-0.3, -0.25) is 9.36 Å². The predicted octanol–water partition coefficient (Wildman–Crippen LogP) is 3.55. The van der Waals surface area contributed by atoms with E-state index in [1.165, 1.54) is 17.3 Å². The number of Topliss-reactive ketones (excluding diaryl/α,β-unsaturated/α-hetero) is 1. The summed E-state index contributed by atoms with van der Waals surface area (Å²) in [5.74, 6) is 2.33. The molecule has 1 aromatic heterocycles. The number of thioether (sulfide) groups is 1. The monoisotopic (exact) mass is 466 g/mol. The van der Waals surface area contributed by atoms with Gasteiger partial charge in [0.15, 0.2) is 22.4 Å². The Hall–Kier alpha value is -3.04. The molecule has 1 fully saturated rings. The molecule has 3 heterocycles. The second-order valence-electron chi connectivity index (χ2n) is 7.98. The summed E-state index contributed by atoms with van der Waals surface area (Å²) in [6, 6.07) is 13.6. The summed E-state index contributed by atoms with van der Waals surface area (Å²) in [6.45, 7) is 6.09. The number of carbonyl (C=O) groups excluding carboxylic acids is 1. The van der Waals surface area contributed by atoms with Crippen LogP contribution in [0.15, 0.2) is 47.6 Å². The fourth-order valence-electron chi connectivity index (χ4n) is 3.79. The van der Waals surface area contributed by atoms with Crippen molar-refractivity contribution in [2.45, 2.75) is 18.5 Å². The average Bonchev–Trinajstić information content (AvgIpc) is 3.13. The molecule has 0 radical (unpaired) electrons. The third-order valence-corrected chi connectivity index (χ3v) is 6.53. The van der Waals surface area contributed by atoms with E-state index in [2.05, 4.69) is 46.3 Å². The topological polar surface area (TPSA) is 78.7 Å². The zero-order valence-electron chi connectivity index (χ0n) is 18.5. The molecule has 8 nitrogen and oxygen atoms in total. The SMILES string of the molecule is Cc1ccc(-n2c(SCC(=O)c3ccc4c(c3)OCCCO4)nnc2N2CCOCC2)cc1. The van der Waals surface area contributed by atoms with Gasteiger partial charge in [0.05, 0.1) is 37.9 Å². The summed E-state index contributed by atoms with van der Waals surface area (Å²) in [6.07, 6.45) is 0.827. The van der Waals surface area contributed by atoms with Crippen LogP contribution < -0.4 is 14.4 Å². The molecule has 2 aliphatic rings. The number of aromatic nitrogens is 3. The molecule has 0 amide bonds. The van der Waals surface area contributed by atoms with Crippen LogP contribution in [0, 0.1) is 6.92 Å². The molecule has 0 N–H and O–H groups in total. The van der Waals surface area contributed by atoms with E-state index in [4.69, 9.17) is 14.2 Å². The quantitative estimate of drug-likeness (QED) is 0.403. The molecular weight excluding hydrogens is 440 g/mol. The molecule has 9 heteroatoms. The number of benzene rings is 2. The third kappa shape index (κ3) is 4.84. The van der Waals surface area contributed by atoms with Gasteiger partial charge >= 0.3 is 0 Å².